The van der Waals surface area contributed by atoms with E-state index in [9.17, 15) is 14.9 Å². The van der Waals surface area contributed by atoms with Crippen LogP contribution in [0.2, 0.25) is 0 Å². The Hall–Kier alpha value is -3.29. The van der Waals surface area contributed by atoms with Gasteiger partial charge in [-0.3, -0.25) is 14.9 Å². The molecule has 1 heterocycles. The van der Waals surface area contributed by atoms with Crippen LogP contribution in [0.25, 0.3) is 0 Å². The van der Waals surface area contributed by atoms with Crippen molar-refractivity contribution in [3.8, 4) is 11.5 Å². The minimum absolute atomic E-state index is 0.0598. The van der Waals surface area contributed by atoms with Gasteiger partial charge >= 0.3 is 0 Å². The number of ether oxygens (including phenoxy) is 2. The monoisotopic (exact) mass is 399 g/mol. The third-order valence-corrected chi connectivity index (χ3v) is 5.17. The molecule has 1 fully saturated rings. The van der Waals surface area contributed by atoms with Crippen molar-refractivity contribution in [1.82, 2.24) is 0 Å². The topological polar surface area (TPSA) is 93.9 Å². The summed E-state index contributed by atoms with van der Waals surface area (Å²) in [4.78, 5) is 25.9. The molecule has 0 saturated carbocycles. The van der Waals surface area contributed by atoms with Crippen molar-refractivity contribution in [1.29, 1.82) is 0 Å². The molecule has 8 nitrogen and oxygen atoms in total. The number of piperidine rings is 1. The molecule has 29 heavy (non-hydrogen) atoms. The minimum Gasteiger partial charge on any atom is -0.497 e. The molecular formula is C21H25N3O5. The van der Waals surface area contributed by atoms with Gasteiger partial charge in [0, 0.05) is 48.6 Å². The summed E-state index contributed by atoms with van der Waals surface area (Å²) in [6, 6.07) is 9.60. The molecule has 8 heteroatoms. The third-order valence-electron chi connectivity index (χ3n) is 5.17. The summed E-state index contributed by atoms with van der Waals surface area (Å²) in [7, 11) is 3.04. The fourth-order valence-corrected chi connectivity index (χ4v) is 3.41. The highest BCUT2D eigenvalue weighted by Gasteiger charge is 2.25. The highest BCUT2D eigenvalue weighted by molar-refractivity contribution is 6.05. The van der Waals surface area contributed by atoms with Crippen molar-refractivity contribution in [2.75, 3.05) is 37.5 Å². The lowest BCUT2D eigenvalue weighted by molar-refractivity contribution is -0.384. The number of rotatable bonds is 6. The van der Waals surface area contributed by atoms with E-state index in [1.165, 1.54) is 20.3 Å². The maximum absolute atomic E-state index is 12.7. The Morgan fingerprint density at radius 1 is 1.10 bits per heavy atom. The summed E-state index contributed by atoms with van der Waals surface area (Å²) in [6.45, 7) is 3.74. The number of methoxy groups -OCH3 is 2. The van der Waals surface area contributed by atoms with Crippen LogP contribution in [0.4, 0.5) is 17.1 Å². The molecule has 0 radical (unpaired) electrons. The molecule has 0 unspecified atom stereocenters. The summed E-state index contributed by atoms with van der Waals surface area (Å²) < 4.78 is 10.4. The predicted octanol–water partition coefficient (Wildman–Crippen LogP) is 4.10. The first kappa shape index (κ1) is 20.4. The number of anilines is 2. The summed E-state index contributed by atoms with van der Waals surface area (Å²) in [6.07, 6.45) is 1.99. The van der Waals surface area contributed by atoms with Crippen LogP contribution in [-0.2, 0) is 0 Å². The van der Waals surface area contributed by atoms with Crippen LogP contribution < -0.4 is 19.7 Å². The van der Waals surface area contributed by atoms with Gasteiger partial charge in [-0.1, -0.05) is 6.92 Å². The standard InChI is InChI=1S/C21H25N3O5/c1-14-6-8-23(9-7-14)19-5-4-15(10-20(19)24(26)27)21(25)22-16-11-17(28-2)13-18(12-16)29-3/h4-5,10-14H,6-9H2,1-3H3,(H,22,25). The average Bonchev–Trinajstić information content (AvgIpc) is 2.73. The average molecular weight is 399 g/mol. The number of nitro groups is 1. The van der Waals surface area contributed by atoms with Crippen molar-refractivity contribution < 1.29 is 19.2 Å². The molecule has 154 valence electrons. The van der Waals surface area contributed by atoms with Gasteiger partial charge in [-0.05, 0) is 30.9 Å². The van der Waals surface area contributed by atoms with Crippen molar-refractivity contribution >= 4 is 23.0 Å². The van der Waals surface area contributed by atoms with Crippen LogP contribution >= 0.6 is 0 Å². The summed E-state index contributed by atoms with van der Waals surface area (Å²) in [5, 5.41) is 14.4. The maximum Gasteiger partial charge on any atom is 0.293 e. The summed E-state index contributed by atoms with van der Waals surface area (Å²) in [5.74, 6) is 1.23. The van der Waals surface area contributed by atoms with E-state index in [2.05, 4.69) is 12.2 Å². The van der Waals surface area contributed by atoms with E-state index in [0.29, 0.717) is 28.8 Å². The first-order chi connectivity index (χ1) is 13.9. The number of carbonyl (C=O) groups is 1. The summed E-state index contributed by atoms with van der Waals surface area (Å²) >= 11 is 0. The molecule has 1 N–H and O–H groups in total. The first-order valence-electron chi connectivity index (χ1n) is 9.49. The van der Waals surface area contributed by atoms with Crippen LogP contribution in [0.3, 0.4) is 0 Å². The van der Waals surface area contributed by atoms with E-state index in [1.54, 1.807) is 30.3 Å². The highest BCUT2D eigenvalue weighted by atomic mass is 16.6. The van der Waals surface area contributed by atoms with Crippen molar-refractivity contribution in [2.45, 2.75) is 19.8 Å². The number of nitro benzene ring substituents is 1. The van der Waals surface area contributed by atoms with E-state index in [-0.39, 0.29) is 11.3 Å². The van der Waals surface area contributed by atoms with Gasteiger partial charge in [-0.15, -0.1) is 0 Å². The molecule has 2 aromatic carbocycles. The second-order valence-electron chi connectivity index (χ2n) is 7.19. The lowest BCUT2D eigenvalue weighted by atomic mass is 9.98. The van der Waals surface area contributed by atoms with E-state index < -0.39 is 10.8 Å². The fraction of sp³-hybridized carbons (Fsp3) is 0.381. The second kappa shape index (κ2) is 8.81. The van der Waals surface area contributed by atoms with Gasteiger partial charge in [0.2, 0.25) is 0 Å². The third kappa shape index (κ3) is 4.77. The SMILES string of the molecule is COc1cc(NC(=O)c2ccc(N3CCC(C)CC3)c([N+](=O)[O-])c2)cc(OC)c1. The van der Waals surface area contributed by atoms with Crippen molar-refractivity contribution in [2.24, 2.45) is 5.92 Å². The Kier molecular flexibility index (Phi) is 6.21. The zero-order valence-electron chi connectivity index (χ0n) is 16.8. The minimum atomic E-state index is -0.442. The van der Waals surface area contributed by atoms with Gasteiger partial charge in [0.15, 0.2) is 0 Å². The van der Waals surface area contributed by atoms with Crippen molar-refractivity contribution in [3.63, 3.8) is 0 Å². The lowest BCUT2D eigenvalue weighted by Gasteiger charge is -2.31. The lowest BCUT2D eigenvalue weighted by Crippen LogP contribution is -2.33. The summed E-state index contributed by atoms with van der Waals surface area (Å²) in [5.41, 5.74) is 1.19. The highest BCUT2D eigenvalue weighted by Crippen LogP contribution is 2.33. The van der Waals surface area contributed by atoms with Gasteiger partial charge in [0.1, 0.15) is 17.2 Å². The number of amides is 1. The van der Waals surface area contributed by atoms with Gasteiger partial charge in [-0.2, -0.15) is 0 Å². The van der Waals surface area contributed by atoms with E-state index in [4.69, 9.17) is 9.47 Å². The Balaban J connectivity index is 1.84. The van der Waals surface area contributed by atoms with E-state index in [1.807, 2.05) is 4.90 Å². The molecule has 0 atom stereocenters. The Bertz CT molecular complexity index is 885. The molecule has 1 saturated heterocycles. The molecule has 3 rings (SSSR count). The second-order valence-corrected chi connectivity index (χ2v) is 7.19. The predicted molar refractivity (Wildman–Crippen MR) is 111 cm³/mol. The van der Waals surface area contributed by atoms with Crippen LogP contribution in [0.1, 0.15) is 30.1 Å². The van der Waals surface area contributed by atoms with Crippen molar-refractivity contribution in [3.05, 3.63) is 52.1 Å². The van der Waals surface area contributed by atoms with Crippen LogP contribution in [0.5, 0.6) is 11.5 Å². The molecule has 1 amide bonds. The van der Waals surface area contributed by atoms with E-state index >= 15 is 0 Å². The number of nitrogens with one attached hydrogen (secondary N) is 1. The normalized spacial score (nSPS) is 14.4. The first-order valence-corrected chi connectivity index (χ1v) is 9.49. The van der Waals surface area contributed by atoms with Crippen LogP contribution in [0, 0.1) is 16.0 Å². The van der Waals surface area contributed by atoms with Crippen LogP contribution in [-0.4, -0.2) is 38.1 Å². The van der Waals surface area contributed by atoms with Gasteiger partial charge in [0.05, 0.1) is 19.1 Å². The van der Waals surface area contributed by atoms with E-state index in [0.717, 1.165) is 25.9 Å². The molecular weight excluding hydrogens is 374 g/mol. The fourth-order valence-electron chi connectivity index (χ4n) is 3.41. The maximum atomic E-state index is 12.7. The van der Waals surface area contributed by atoms with Gasteiger partial charge in [-0.25, -0.2) is 0 Å². The number of nitrogens with zero attached hydrogens (tertiary/aromatic N) is 2. The molecule has 0 bridgehead atoms. The number of hydrogen-bond acceptors (Lipinski definition) is 6. The number of carbonyl (C=O) groups excluding carboxylic acids is 1. The Labute approximate surface area is 169 Å². The Morgan fingerprint density at radius 2 is 1.72 bits per heavy atom. The smallest absolute Gasteiger partial charge is 0.293 e. The van der Waals surface area contributed by atoms with Gasteiger partial charge in [0.25, 0.3) is 11.6 Å². The molecule has 2 aromatic rings. The molecule has 0 aliphatic carbocycles. The molecule has 1 aliphatic heterocycles. The largest absolute Gasteiger partial charge is 0.497 e. The zero-order chi connectivity index (χ0) is 21.0. The number of benzene rings is 2. The quantitative estimate of drug-likeness (QED) is 0.581. The zero-order valence-corrected chi connectivity index (χ0v) is 16.8. The van der Waals surface area contributed by atoms with Crippen LogP contribution in [0.15, 0.2) is 36.4 Å². The molecule has 1 aliphatic rings. The van der Waals surface area contributed by atoms with Gasteiger partial charge < -0.3 is 19.7 Å². The molecule has 0 aromatic heterocycles. The molecule has 0 spiro atoms. The number of hydrogen-bond donors (Lipinski definition) is 1. The Morgan fingerprint density at radius 3 is 2.28 bits per heavy atom.